The molecular formula is C11H9F2N3. The van der Waals surface area contributed by atoms with Gasteiger partial charge in [-0.25, -0.2) is 8.78 Å². The van der Waals surface area contributed by atoms with Crippen molar-refractivity contribution >= 4 is 5.57 Å². The van der Waals surface area contributed by atoms with E-state index in [0.717, 1.165) is 10.9 Å². The normalized spacial score (nSPS) is 10.4. The van der Waals surface area contributed by atoms with Crippen LogP contribution in [0, 0.1) is 11.6 Å². The molecule has 0 fully saturated rings. The lowest BCUT2D eigenvalue weighted by Gasteiger charge is -2.09. The third-order valence-corrected chi connectivity index (χ3v) is 2.15. The Kier molecular flexibility index (Phi) is 2.52. The van der Waals surface area contributed by atoms with Crippen LogP contribution in [0.15, 0.2) is 31.1 Å². The molecule has 0 aliphatic carbocycles. The molecule has 3 nitrogen and oxygen atoms in total. The van der Waals surface area contributed by atoms with Crippen molar-refractivity contribution in [3.63, 3.8) is 0 Å². The number of rotatable bonds is 2. The zero-order valence-electron chi connectivity index (χ0n) is 8.61. The second-order valence-electron chi connectivity index (χ2n) is 3.36. The Morgan fingerprint density at radius 3 is 2.44 bits per heavy atom. The number of nitrogens with zero attached hydrogens (tertiary/aromatic N) is 3. The summed E-state index contributed by atoms with van der Waals surface area (Å²) < 4.78 is 26.8. The van der Waals surface area contributed by atoms with E-state index in [1.165, 1.54) is 18.5 Å². The van der Waals surface area contributed by atoms with Gasteiger partial charge in [0.25, 0.3) is 0 Å². The van der Waals surface area contributed by atoms with Crippen LogP contribution in [-0.2, 0) is 0 Å². The molecule has 0 aliphatic heterocycles. The lowest BCUT2D eigenvalue weighted by Crippen LogP contribution is -2.07. The van der Waals surface area contributed by atoms with E-state index in [0.29, 0.717) is 11.1 Å². The van der Waals surface area contributed by atoms with Crippen LogP contribution < -0.4 is 0 Å². The molecule has 1 aromatic carbocycles. The highest BCUT2D eigenvalue weighted by molar-refractivity contribution is 5.69. The summed E-state index contributed by atoms with van der Waals surface area (Å²) in [6.45, 7) is 5.42. The van der Waals surface area contributed by atoms with Gasteiger partial charge in [0.05, 0.1) is 12.4 Å². The summed E-state index contributed by atoms with van der Waals surface area (Å²) in [6, 6.07) is 2.52. The van der Waals surface area contributed by atoms with E-state index in [1.807, 2.05) is 0 Å². The first-order valence-electron chi connectivity index (χ1n) is 4.62. The number of aromatic nitrogens is 3. The largest absolute Gasteiger partial charge is 0.204 e. The van der Waals surface area contributed by atoms with Gasteiger partial charge in [0.15, 0.2) is 11.6 Å². The zero-order chi connectivity index (χ0) is 11.7. The Morgan fingerprint density at radius 1 is 1.25 bits per heavy atom. The highest BCUT2D eigenvalue weighted by Crippen LogP contribution is 2.24. The molecule has 2 aromatic rings. The van der Waals surface area contributed by atoms with Crippen molar-refractivity contribution in [2.45, 2.75) is 6.92 Å². The summed E-state index contributed by atoms with van der Waals surface area (Å²) >= 11 is 0. The van der Waals surface area contributed by atoms with Crippen molar-refractivity contribution in [3.05, 3.63) is 48.3 Å². The molecule has 2 rings (SSSR count). The zero-order valence-corrected chi connectivity index (χ0v) is 8.61. The summed E-state index contributed by atoms with van der Waals surface area (Å²) in [5.41, 5.74) is 1.08. The minimum Gasteiger partial charge on any atom is -0.204 e. The van der Waals surface area contributed by atoms with Crippen LogP contribution in [0.2, 0.25) is 0 Å². The standard InChI is InChI=1S/C11H9F2N3/c1-7(2)8-3-4-9(12)10(13)11(8)16-14-5-6-15-16/h3-6H,1H2,2H3. The van der Waals surface area contributed by atoms with Crippen molar-refractivity contribution in [2.75, 3.05) is 0 Å². The van der Waals surface area contributed by atoms with Crippen LogP contribution in [0.1, 0.15) is 12.5 Å². The lowest BCUT2D eigenvalue weighted by atomic mass is 10.1. The SMILES string of the molecule is C=C(C)c1ccc(F)c(F)c1-n1nccn1. The summed E-state index contributed by atoms with van der Waals surface area (Å²) in [7, 11) is 0. The van der Waals surface area contributed by atoms with Crippen LogP contribution in [0.25, 0.3) is 11.3 Å². The predicted octanol–water partition coefficient (Wildman–Crippen LogP) is 2.58. The summed E-state index contributed by atoms with van der Waals surface area (Å²) in [5.74, 6) is -1.91. The van der Waals surface area contributed by atoms with Crippen molar-refractivity contribution in [2.24, 2.45) is 0 Å². The van der Waals surface area contributed by atoms with Crippen molar-refractivity contribution in [3.8, 4) is 5.69 Å². The molecule has 0 saturated heterocycles. The Bertz CT molecular complexity index is 532. The molecule has 0 radical (unpaired) electrons. The molecule has 0 unspecified atom stereocenters. The lowest BCUT2D eigenvalue weighted by molar-refractivity contribution is 0.496. The first-order valence-corrected chi connectivity index (χ1v) is 4.62. The van der Waals surface area contributed by atoms with Gasteiger partial charge in [-0.1, -0.05) is 6.58 Å². The second-order valence-corrected chi connectivity index (χ2v) is 3.36. The smallest absolute Gasteiger partial charge is 0.186 e. The van der Waals surface area contributed by atoms with Crippen LogP contribution in [-0.4, -0.2) is 15.0 Å². The van der Waals surface area contributed by atoms with Gasteiger partial charge < -0.3 is 0 Å². The van der Waals surface area contributed by atoms with Gasteiger partial charge in [0.1, 0.15) is 5.69 Å². The molecule has 0 bridgehead atoms. The van der Waals surface area contributed by atoms with E-state index >= 15 is 0 Å². The number of allylic oxidation sites excluding steroid dienone is 1. The summed E-state index contributed by atoms with van der Waals surface area (Å²) in [6.07, 6.45) is 2.79. The number of hydrogen-bond donors (Lipinski definition) is 0. The van der Waals surface area contributed by atoms with Crippen molar-refractivity contribution in [1.82, 2.24) is 15.0 Å². The molecular weight excluding hydrogens is 212 g/mol. The molecule has 0 saturated carbocycles. The second kappa shape index (κ2) is 3.84. The van der Waals surface area contributed by atoms with E-state index < -0.39 is 11.6 Å². The Morgan fingerprint density at radius 2 is 1.88 bits per heavy atom. The maximum Gasteiger partial charge on any atom is 0.186 e. The summed E-state index contributed by atoms with van der Waals surface area (Å²) in [5, 5.41) is 7.58. The number of benzene rings is 1. The molecule has 1 aromatic heterocycles. The molecule has 1 heterocycles. The third kappa shape index (κ3) is 1.60. The van der Waals surface area contributed by atoms with Crippen LogP contribution in [0.5, 0.6) is 0 Å². The number of hydrogen-bond acceptors (Lipinski definition) is 2. The Labute approximate surface area is 91.0 Å². The van der Waals surface area contributed by atoms with E-state index in [-0.39, 0.29) is 5.69 Å². The topological polar surface area (TPSA) is 30.7 Å². The maximum atomic E-state index is 13.7. The van der Waals surface area contributed by atoms with Crippen LogP contribution in [0.4, 0.5) is 8.78 Å². The van der Waals surface area contributed by atoms with E-state index in [1.54, 1.807) is 6.92 Å². The molecule has 0 aliphatic rings. The molecule has 0 N–H and O–H groups in total. The van der Waals surface area contributed by atoms with Crippen LogP contribution >= 0.6 is 0 Å². The molecule has 0 atom stereocenters. The molecule has 16 heavy (non-hydrogen) atoms. The van der Waals surface area contributed by atoms with Crippen LogP contribution in [0.3, 0.4) is 0 Å². The van der Waals surface area contributed by atoms with Gasteiger partial charge in [-0.15, -0.1) is 4.80 Å². The minimum atomic E-state index is -0.975. The Balaban J connectivity index is 2.74. The first kappa shape index (κ1) is 10.5. The summed E-state index contributed by atoms with van der Waals surface area (Å²) in [4.78, 5) is 1.04. The fraction of sp³-hybridized carbons (Fsp3) is 0.0909. The molecule has 0 amide bonds. The average Bonchev–Trinajstić information content (AvgIpc) is 2.74. The van der Waals surface area contributed by atoms with E-state index in [2.05, 4.69) is 16.8 Å². The van der Waals surface area contributed by atoms with Gasteiger partial charge in [-0.3, -0.25) is 0 Å². The first-order chi connectivity index (χ1) is 7.61. The maximum absolute atomic E-state index is 13.7. The average molecular weight is 221 g/mol. The van der Waals surface area contributed by atoms with Crippen molar-refractivity contribution in [1.29, 1.82) is 0 Å². The van der Waals surface area contributed by atoms with E-state index in [4.69, 9.17) is 0 Å². The number of halogens is 2. The van der Waals surface area contributed by atoms with Gasteiger partial charge in [0.2, 0.25) is 0 Å². The third-order valence-electron chi connectivity index (χ3n) is 2.15. The van der Waals surface area contributed by atoms with Gasteiger partial charge in [0, 0.05) is 5.56 Å². The molecule has 5 heteroatoms. The fourth-order valence-electron chi connectivity index (χ4n) is 1.41. The quantitative estimate of drug-likeness (QED) is 0.780. The highest BCUT2D eigenvalue weighted by Gasteiger charge is 2.16. The predicted molar refractivity (Wildman–Crippen MR) is 56.0 cm³/mol. The Hall–Kier alpha value is -2.04. The van der Waals surface area contributed by atoms with Crippen molar-refractivity contribution < 1.29 is 8.78 Å². The van der Waals surface area contributed by atoms with Gasteiger partial charge in [-0.2, -0.15) is 10.2 Å². The van der Waals surface area contributed by atoms with E-state index in [9.17, 15) is 8.78 Å². The fourth-order valence-corrected chi connectivity index (χ4v) is 1.41. The highest BCUT2D eigenvalue weighted by atomic mass is 19.2. The molecule has 82 valence electrons. The minimum absolute atomic E-state index is 0.0162. The van der Waals surface area contributed by atoms with Gasteiger partial charge in [-0.05, 0) is 24.6 Å². The van der Waals surface area contributed by atoms with Gasteiger partial charge >= 0.3 is 0 Å². The molecule has 0 spiro atoms. The monoisotopic (exact) mass is 221 g/mol.